The molecule has 0 aliphatic rings. The Bertz CT molecular complexity index is 984. The zero-order valence-electron chi connectivity index (χ0n) is 41.7. The Morgan fingerprint density at radius 3 is 0.953 bits per heavy atom. The van der Waals surface area contributed by atoms with Crippen molar-refractivity contribution in [2.75, 3.05) is 114 Å². The van der Waals surface area contributed by atoms with Gasteiger partial charge in [-0.15, -0.1) is 0 Å². The molecule has 0 radical (unpaired) electrons. The quantitative estimate of drug-likeness (QED) is 0.0250. The number of hydrogen-bond acceptors (Lipinski definition) is 15. The second kappa shape index (κ2) is 52.8. The molecule has 0 bridgehead atoms. The van der Waals surface area contributed by atoms with Gasteiger partial charge in [0.05, 0.1) is 19.3 Å². The molecule has 15 heteroatoms. The smallest absolute Gasteiger partial charge is 0.307 e. The number of hydrogen-bond donors (Lipinski definition) is 0. The molecule has 0 atom stereocenters. The molecule has 0 fully saturated rings. The molecular formula is C49H97N3O6S6. The van der Waals surface area contributed by atoms with E-state index >= 15 is 0 Å². The van der Waals surface area contributed by atoms with Gasteiger partial charge in [0.25, 0.3) is 0 Å². The lowest BCUT2D eigenvalue weighted by Gasteiger charge is -2.25. The van der Waals surface area contributed by atoms with Crippen LogP contribution in [0.25, 0.3) is 0 Å². The van der Waals surface area contributed by atoms with E-state index in [1.165, 1.54) is 121 Å². The minimum Gasteiger partial charge on any atom is -0.465 e. The van der Waals surface area contributed by atoms with Crippen molar-refractivity contribution in [3.8, 4) is 0 Å². The van der Waals surface area contributed by atoms with Gasteiger partial charge in [-0.3, -0.25) is 14.4 Å². The van der Waals surface area contributed by atoms with Crippen LogP contribution >= 0.6 is 64.8 Å². The minimum absolute atomic E-state index is 0.0924. The van der Waals surface area contributed by atoms with Gasteiger partial charge in [0.2, 0.25) is 0 Å². The predicted molar refractivity (Wildman–Crippen MR) is 292 cm³/mol. The first-order valence-electron chi connectivity index (χ1n) is 25.7. The van der Waals surface area contributed by atoms with Crippen LogP contribution in [0.5, 0.6) is 0 Å². The van der Waals surface area contributed by atoms with Crippen LogP contribution in [0.15, 0.2) is 0 Å². The number of esters is 3. The first-order valence-corrected chi connectivity index (χ1v) is 33.2. The van der Waals surface area contributed by atoms with Gasteiger partial charge in [-0.2, -0.15) is 0 Å². The Kier molecular flexibility index (Phi) is 53.1. The molecule has 64 heavy (non-hydrogen) atoms. The molecule has 0 saturated heterocycles. The number of carbonyl (C=O) groups is 3. The third-order valence-corrected chi connectivity index (χ3v) is 18.1. The Morgan fingerprint density at radius 2 is 0.625 bits per heavy atom. The predicted octanol–water partition coefficient (Wildman–Crippen LogP) is 13.7. The Hall–Kier alpha value is 0.390. The van der Waals surface area contributed by atoms with Crippen molar-refractivity contribution in [1.82, 2.24) is 14.7 Å². The highest BCUT2D eigenvalue weighted by Crippen LogP contribution is 2.25. The van der Waals surface area contributed by atoms with E-state index in [4.69, 9.17) is 14.2 Å². The molecule has 0 aliphatic carbocycles. The number of unbranched alkanes of at least 4 members (excludes halogenated alkanes) is 15. The summed E-state index contributed by atoms with van der Waals surface area (Å²) in [4.78, 5) is 44.8. The van der Waals surface area contributed by atoms with Crippen LogP contribution in [-0.2, 0) is 28.6 Å². The minimum atomic E-state index is -0.168. The van der Waals surface area contributed by atoms with E-state index in [-0.39, 0.29) is 17.9 Å². The number of nitrogens with zero attached hydrogens (tertiary/aromatic N) is 3. The molecule has 0 saturated carbocycles. The molecule has 0 aromatic heterocycles. The normalized spacial score (nSPS) is 11.6. The summed E-state index contributed by atoms with van der Waals surface area (Å²) >= 11 is 0. The van der Waals surface area contributed by atoms with Gasteiger partial charge in [0.1, 0.15) is 19.8 Å². The molecule has 0 aromatic carbocycles. The first-order chi connectivity index (χ1) is 31.4. The van der Waals surface area contributed by atoms with Crippen LogP contribution in [-0.4, -0.2) is 146 Å². The summed E-state index contributed by atoms with van der Waals surface area (Å²) in [6.45, 7) is 16.9. The summed E-state index contributed by atoms with van der Waals surface area (Å²) in [5.41, 5.74) is 0. The lowest BCUT2D eigenvalue weighted by molar-refractivity contribution is -0.144. The maximum Gasteiger partial charge on any atom is 0.307 e. The molecule has 0 amide bonds. The third kappa shape index (κ3) is 48.8. The van der Waals surface area contributed by atoms with Crippen molar-refractivity contribution >= 4 is 82.7 Å². The number of ether oxygens (including phenoxy) is 3. The van der Waals surface area contributed by atoms with Crippen molar-refractivity contribution in [1.29, 1.82) is 0 Å². The van der Waals surface area contributed by atoms with E-state index in [2.05, 4.69) is 49.4 Å². The highest BCUT2D eigenvalue weighted by atomic mass is 33.1. The van der Waals surface area contributed by atoms with Crippen LogP contribution < -0.4 is 0 Å². The molecule has 0 spiro atoms. The van der Waals surface area contributed by atoms with Crippen molar-refractivity contribution in [3.05, 3.63) is 0 Å². The van der Waals surface area contributed by atoms with Gasteiger partial charge in [-0.25, -0.2) is 0 Å². The van der Waals surface area contributed by atoms with E-state index in [1.807, 2.05) is 43.2 Å². The molecule has 0 aliphatic heterocycles. The van der Waals surface area contributed by atoms with Crippen LogP contribution in [0.1, 0.15) is 182 Å². The fraction of sp³-hybridized carbons (Fsp3) is 0.939. The molecule has 380 valence electrons. The third-order valence-electron chi connectivity index (χ3n) is 10.7. The summed E-state index contributed by atoms with van der Waals surface area (Å²) in [5, 5.41) is 0. The van der Waals surface area contributed by atoms with Crippen molar-refractivity contribution in [2.45, 2.75) is 182 Å². The van der Waals surface area contributed by atoms with E-state index in [0.29, 0.717) is 52.2 Å². The lowest BCUT2D eigenvalue weighted by Crippen LogP contribution is -2.34. The van der Waals surface area contributed by atoms with Gasteiger partial charge < -0.3 is 28.9 Å². The maximum absolute atomic E-state index is 12.7. The monoisotopic (exact) mass is 1020 g/mol. The van der Waals surface area contributed by atoms with Crippen LogP contribution in [0.4, 0.5) is 0 Å². The first kappa shape index (κ1) is 64.4. The lowest BCUT2D eigenvalue weighted by atomic mass is 10.1. The summed E-state index contributed by atoms with van der Waals surface area (Å²) in [7, 11) is 13.3. The van der Waals surface area contributed by atoms with Crippen molar-refractivity contribution in [2.24, 2.45) is 0 Å². The van der Waals surface area contributed by atoms with Gasteiger partial charge in [-0.05, 0) is 78.3 Å². The largest absolute Gasteiger partial charge is 0.465 e. The Labute approximate surface area is 418 Å². The van der Waals surface area contributed by atoms with Crippen molar-refractivity contribution < 1.29 is 28.6 Å². The van der Waals surface area contributed by atoms with Gasteiger partial charge in [0.15, 0.2) is 0 Å². The summed E-state index contributed by atoms with van der Waals surface area (Å²) < 4.78 is 16.7. The van der Waals surface area contributed by atoms with E-state index < -0.39 is 0 Å². The van der Waals surface area contributed by atoms with E-state index in [0.717, 1.165) is 87.3 Å². The molecule has 0 N–H and O–H groups in total. The SMILES string of the molecule is CCCCCCCCSSCCOC(=O)CCN(CCC)CCCN(C)CCCN(CCC(=O)OCCSSCCCCCCCC)CCC(=O)OCCSSCCCCCCCC. The van der Waals surface area contributed by atoms with E-state index in [1.54, 1.807) is 21.6 Å². The highest BCUT2D eigenvalue weighted by molar-refractivity contribution is 8.77. The molecule has 0 rings (SSSR count). The Morgan fingerprint density at radius 1 is 0.328 bits per heavy atom. The second-order valence-corrected chi connectivity index (χ2v) is 24.9. The average Bonchev–Trinajstić information content (AvgIpc) is 3.29. The molecule has 0 unspecified atom stereocenters. The number of carbonyl (C=O) groups excluding carboxylic acids is 3. The number of rotatable bonds is 52. The summed E-state index contributed by atoms with van der Waals surface area (Å²) in [5.74, 6) is 5.53. The maximum atomic E-state index is 12.7. The molecular weight excluding hydrogens is 919 g/mol. The molecule has 0 aromatic rings. The fourth-order valence-electron chi connectivity index (χ4n) is 6.94. The van der Waals surface area contributed by atoms with Gasteiger partial charge in [0, 0.05) is 54.2 Å². The van der Waals surface area contributed by atoms with Gasteiger partial charge in [-0.1, -0.05) is 189 Å². The molecule has 0 heterocycles. The fourth-order valence-corrected chi connectivity index (χ4v) is 12.9. The summed E-state index contributed by atoms with van der Waals surface area (Å²) in [6, 6.07) is 0. The Balaban J connectivity index is 4.54. The average molecular weight is 1020 g/mol. The zero-order valence-corrected chi connectivity index (χ0v) is 46.6. The highest BCUT2D eigenvalue weighted by Gasteiger charge is 2.14. The zero-order chi connectivity index (χ0) is 46.8. The standard InChI is InChI=1S/C49H97N3O6S6/c1-6-10-13-16-19-22-41-59-62-44-38-56-47(53)27-35-51(30-9-4)33-25-31-50(5)32-26-34-52(36-28-48(54)57-39-45-63-60-42-23-20-17-14-11-7-2)37-29-49(55)58-40-46-64-61-43-24-21-18-15-12-8-3/h6-46H2,1-5H3. The van der Waals surface area contributed by atoms with Crippen LogP contribution in [0.2, 0.25) is 0 Å². The van der Waals surface area contributed by atoms with Crippen LogP contribution in [0, 0.1) is 0 Å². The van der Waals surface area contributed by atoms with Gasteiger partial charge >= 0.3 is 17.9 Å². The van der Waals surface area contributed by atoms with E-state index in [9.17, 15) is 14.4 Å². The molecule has 9 nitrogen and oxygen atoms in total. The topological polar surface area (TPSA) is 88.6 Å². The van der Waals surface area contributed by atoms with Crippen molar-refractivity contribution in [3.63, 3.8) is 0 Å². The second-order valence-electron chi connectivity index (χ2n) is 16.8. The van der Waals surface area contributed by atoms with Crippen LogP contribution in [0.3, 0.4) is 0 Å². The summed E-state index contributed by atoms with van der Waals surface area (Å²) in [6.07, 6.45) is 27.8.